The fourth-order valence-corrected chi connectivity index (χ4v) is 1.81. The summed E-state index contributed by atoms with van der Waals surface area (Å²) >= 11 is 1.47. The third-order valence-corrected chi connectivity index (χ3v) is 2.65. The molecule has 1 rings (SSSR count). The molecular weight excluding hydrogens is 236 g/mol. The molecule has 0 fully saturated rings. The van der Waals surface area contributed by atoms with E-state index < -0.39 is 11.6 Å². The van der Waals surface area contributed by atoms with E-state index in [0.29, 0.717) is 0 Å². The Morgan fingerprint density at radius 2 is 2.00 bits per heavy atom. The van der Waals surface area contributed by atoms with Gasteiger partial charge in [0.05, 0.1) is 0 Å². The molecule has 0 aliphatic carbocycles. The summed E-state index contributed by atoms with van der Waals surface area (Å²) < 4.78 is 5.19. The molecule has 0 bridgehead atoms. The summed E-state index contributed by atoms with van der Waals surface area (Å²) in [6, 6.07) is 3.71. The van der Waals surface area contributed by atoms with Gasteiger partial charge in [0.1, 0.15) is 11.2 Å². The van der Waals surface area contributed by atoms with Crippen molar-refractivity contribution >= 4 is 29.2 Å². The van der Waals surface area contributed by atoms with E-state index in [1.54, 1.807) is 26.8 Å². The SMILES string of the molecule is CC(=O)/C(=C/c1cccs1)C(=O)OC(C)(C)C. The normalized spacial score (nSPS) is 12.4. The van der Waals surface area contributed by atoms with E-state index in [-0.39, 0.29) is 11.4 Å². The van der Waals surface area contributed by atoms with Crippen molar-refractivity contribution in [3.63, 3.8) is 0 Å². The van der Waals surface area contributed by atoms with Gasteiger partial charge in [0.25, 0.3) is 0 Å². The number of carbonyl (C=O) groups is 2. The molecule has 1 aromatic rings. The van der Waals surface area contributed by atoms with Crippen LogP contribution in [-0.4, -0.2) is 17.4 Å². The van der Waals surface area contributed by atoms with E-state index in [2.05, 4.69) is 0 Å². The first kappa shape index (κ1) is 13.6. The highest BCUT2D eigenvalue weighted by molar-refractivity contribution is 7.10. The Bertz CT molecular complexity index is 436. The van der Waals surface area contributed by atoms with Crippen molar-refractivity contribution in [1.82, 2.24) is 0 Å². The zero-order valence-electron chi connectivity index (χ0n) is 10.4. The summed E-state index contributed by atoms with van der Waals surface area (Å²) in [6.45, 7) is 6.68. The molecule has 0 radical (unpaired) electrons. The number of rotatable bonds is 3. The van der Waals surface area contributed by atoms with Crippen LogP contribution in [0, 0.1) is 0 Å². The number of ketones is 1. The molecule has 0 atom stereocenters. The molecule has 0 saturated heterocycles. The van der Waals surface area contributed by atoms with Gasteiger partial charge in [-0.15, -0.1) is 11.3 Å². The lowest BCUT2D eigenvalue weighted by Crippen LogP contribution is -2.26. The van der Waals surface area contributed by atoms with Gasteiger partial charge in [-0.3, -0.25) is 4.79 Å². The highest BCUT2D eigenvalue weighted by Crippen LogP contribution is 2.17. The molecule has 0 spiro atoms. The highest BCUT2D eigenvalue weighted by Gasteiger charge is 2.22. The van der Waals surface area contributed by atoms with E-state index >= 15 is 0 Å². The molecule has 0 aliphatic heterocycles. The molecular formula is C13H16O3S. The molecule has 4 heteroatoms. The third kappa shape index (κ3) is 4.53. The molecule has 0 amide bonds. The molecule has 0 N–H and O–H groups in total. The van der Waals surface area contributed by atoms with Gasteiger partial charge in [0, 0.05) is 4.88 Å². The second kappa shape index (κ2) is 5.27. The summed E-state index contributed by atoms with van der Waals surface area (Å²) in [5.41, 5.74) is -0.511. The van der Waals surface area contributed by atoms with Gasteiger partial charge in [0.15, 0.2) is 5.78 Å². The maximum absolute atomic E-state index is 11.8. The molecule has 1 heterocycles. The lowest BCUT2D eigenvalue weighted by Gasteiger charge is -2.19. The molecule has 0 aromatic carbocycles. The minimum atomic E-state index is -0.596. The molecule has 3 nitrogen and oxygen atoms in total. The van der Waals surface area contributed by atoms with Crippen LogP contribution >= 0.6 is 11.3 Å². The summed E-state index contributed by atoms with van der Waals surface area (Å²) in [7, 11) is 0. The quantitative estimate of drug-likeness (QED) is 0.359. The maximum atomic E-state index is 11.8. The highest BCUT2D eigenvalue weighted by atomic mass is 32.1. The predicted octanol–water partition coefficient (Wildman–Crippen LogP) is 3.06. The monoisotopic (exact) mass is 252 g/mol. The first-order valence-electron chi connectivity index (χ1n) is 5.29. The standard InChI is InChI=1S/C13H16O3S/c1-9(14)11(8-10-6-5-7-17-10)12(15)16-13(2,3)4/h5-8H,1-4H3/b11-8-. The van der Waals surface area contributed by atoms with Crippen molar-refractivity contribution in [2.75, 3.05) is 0 Å². The van der Waals surface area contributed by atoms with E-state index in [4.69, 9.17) is 4.74 Å². The Kier molecular flexibility index (Phi) is 4.23. The third-order valence-electron chi connectivity index (χ3n) is 1.83. The minimum absolute atomic E-state index is 0.0855. The number of esters is 1. The van der Waals surface area contributed by atoms with Crippen LogP contribution in [0.15, 0.2) is 23.1 Å². The first-order chi connectivity index (χ1) is 7.79. The first-order valence-corrected chi connectivity index (χ1v) is 6.17. The average molecular weight is 252 g/mol. The van der Waals surface area contributed by atoms with Gasteiger partial charge in [-0.25, -0.2) is 4.79 Å². The van der Waals surface area contributed by atoms with Gasteiger partial charge in [0.2, 0.25) is 0 Å². The molecule has 0 saturated carbocycles. The summed E-state index contributed by atoms with van der Waals surface area (Å²) in [5.74, 6) is -0.856. The van der Waals surface area contributed by atoms with Gasteiger partial charge >= 0.3 is 5.97 Å². The number of thiophene rings is 1. The molecule has 0 aliphatic rings. The smallest absolute Gasteiger partial charge is 0.342 e. The van der Waals surface area contributed by atoms with Crippen molar-refractivity contribution in [2.24, 2.45) is 0 Å². The van der Waals surface area contributed by atoms with Crippen LogP contribution < -0.4 is 0 Å². The Hall–Kier alpha value is -1.42. The average Bonchev–Trinajstić information content (AvgIpc) is 2.62. The number of ether oxygens (including phenoxy) is 1. The van der Waals surface area contributed by atoms with Crippen LogP contribution in [-0.2, 0) is 14.3 Å². The predicted molar refractivity (Wildman–Crippen MR) is 68.8 cm³/mol. The van der Waals surface area contributed by atoms with Crippen LogP contribution in [0.3, 0.4) is 0 Å². The Labute approximate surface area is 105 Å². The topological polar surface area (TPSA) is 43.4 Å². The van der Waals surface area contributed by atoms with Gasteiger partial charge < -0.3 is 4.74 Å². The largest absolute Gasteiger partial charge is 0.456 e. The Morgan fingerprint density at radius 1 is 1.35 bits per heavy atom. The van der Waals surface area contributed by atoms with Gasteiger partial charge in [-0.2, -0.15) is 0 Å². The van der Waals surface area contributed by atoms with Crippen LogP contribution in [0.1, 0.15) is 32.6 Å². The molecule has 1 aromatic heterocycles. The summed E-state index contributed by atoms with van der Waals surface area (Å²) in [6.07, 6.45) is 1.57. The van der Waals surface area contributed by atoms with E-state index in [9.17, 15) is 9.59 Å². The molecule has 0 unspecified atom stereocenters. The van der Waals surface area contributed by atoms with Crippen molar-refractivity contribution in [3.05, 3.63) is 28.0 Å². The van der Waals surface area contributed by atoms with E-state index in [1.807, 2.05) is 17.5 Å². The lowest BCUT2D eigenvalue weighted by atomic mass is 10.1. The maximum Gasteiger partial charge on any atom is 0.342 e. The van der Waals surface area contributed by atoms with E-state index in [1.165, 1.54) is 18.3 Å². The number of hydrogen-bond donors (Lipinski definition) is 0. The van der Waals surface area contributed by atoms with Crippen molar-refractivity contribution in [3.8, 4) is 0 Å². The zero-order chi connectivity index (χ0) is 13.1. The second-order valence-corrected chi connectivity index (χ2v) is 5.61. The number of hydrogen-bond acceptors (Lipinski definition) is 4. The second-order valence-electron chi connectivity index (χ2n) is 4.63. The molecule has 17 heavy (non-hydrogen) atoms. The number of carbonyl (C=O) groups excluding carboxylic acids is 2. The lowest BCUT2D eigenvalue weighted by molar-refractivity contribution is -0.150. The summed E-state index contributed by atoms with van der Waals surface area (Å²) in [5, 5.41) is 1.89. The number of Topliss-reactive ketones (excluding diaryl/α,β-unsaturated/α-hetero) is 1. The van der Waals surface area contributed by atoms with Crippen LogP contribution in [0.5, 0.6) is 0 Å². The Morgan fingerprint density at radius 3 is 2.41 bits per heavy atom. The van der Waals surface area contributed by atoms with Crippen molar-refractivity contribution < 1.29 is 14.3 Å². The van der Waals surface area contributed by atoms with Gasteiger partial charge in [-0.05, 0) is 45.2 Å². The van der Waals surface area contributed by atoms with Crippen LogP contribution in [0.25, 0.3) is 6.08 Å². The minimum Gasteiger partial charge on any atom is -0.456 e. The van der Waals surface area contributed by atoms with Crippen molar-refractivity contribution in [2.45, 2.75) is 33.3 Å². The fourth-order valence-electron chi connectivity index (χ4n) is 1.15. The molecule has 92 valence electrons. The van der Waals surface area contributed by atoms with Crippen LogP contribution in [0.4, 0.5) is 0 Å². The zero-order valence-corrected chi connectivity index (χ0v) is 11.3. The fraction of sp³-hybridized carbons (Fsp3) is 0.385. The van der Waals surface area contributed by atoms with Crippen LogP contribution in [0.2, 0.25) is 0 Å². The Balaban J connectivity index is 2.95. The summed E-state index contributed by atoms with van der Waals surface area (Å²) in [4.78, 5) is 24.1. The van der Waals surface area contributed by atoms with Gasteiger partial charge in [-0.1, -0.05) is 6.07 Å². The van der Waals surface area contributed by atoms with E-state index in [0.717, 1.165) is 4.88 Å². The van der Waals surface area contributed by atoms with Crippen molar-refractivity contribution in [1.29, 1.82) is 0 Å².